The van der Waals surface area contributed by atoms with Crippen LogP contribution < -0.4 is 9.64 Å². The summed E-state index contributed by atoms with van der Waals surface area (Å²) in [5, 5.41) is 14.4. The minimum atomic E-state index is -0.811. The second-order valence-electron chi connectivity index (χ2n) is 10.2. The third-order valence-electron chi connectivity index (χ3n) is 6.87. The van der Waals surface area contributed by atoms with Crippen LogP contribution in [0.1, 0.15) is 41.0 Å². The van der Waals surface area contributed by atoms with Gasteiger partial charge in [-0.2, -0.15) is 5.10 Å². The molecule has 1 atom stereocenters. The Balaban J connectivity index is 1.38. The number of rotatable bonds is 4. The van der Waals surface area contributed by atoms with Crippen LogP contribution in [0.2, 0.25) is 5.15 Å². The highest BCUT2D eigenvalue weighted by Crippen LogP contribution is 2.34. The van der Waals surface area contributed by atoms with Gasteiger partial charge in [0.1, 0.15) is 23.6 Å². The van der Waals surface area contributed by atoms with E-state index in [1.807, 2.05) is 50.2 Å². The Bertz CT molecular complexity index is 1450. The normalized spacial score (nSPS) is 17.2. The van der Waals surface area contributed by atoms with Gasteiger partial charge >= 0.3 is 0 Å². The predicted octanol–water partition coefficient (Wildman–Crippen LogP) is 3.38. The first-order chi connectivity index (χ1) is 18.2. The molecule has 1 N–H and O–H groups in total. The van der Waals surface area contributed by atoms with Crippen molar-refractivity contribution in [3.05, 3.63) is 76.1 Å². The number of hydrogen-bond donors (Lipinski definition) is 1. The van der Waals surface area contributed by atoms with E-state index in [1.54, 1.807) is 23.9 Å². The molecule has 0 radical (unpaired) electrons. The van der Waals surface area contributed by atoms with Crippen LogP contribution in [-0.2, 0) is 17.8 Å². The van der Waals surface area contributed by atoms with E-state index in [-0.39, 0.29) is 30.7 Å². The summed E-state index contributed by atoms with van der Waals surface area (Å²) in [6.45, 7) is 4.45. The first kappa shape index (κ1) is 25.8. The first-order valence-electron chi connectivity index (χ1n) is 12.5. The molecule has 2 aromatic carbocycles. The number of carbonyl (C=O) groups excluding carboxylic acids is 2. The van der Waals surface area contributed by atoms with E-state index in [2.05, 4.69) is 16.9 Å². The molecular formula is C29H29ClN4O4. The predicted molar refractivity (Wildman–Crippen MR) is 144 cm³/mol. The maximum Gasteiger partial charge on any atom is 0.275 e. The number of carbonyl (C=O) groups is 2. The van der Waals surface area contributed by atoms with Gasteiger partial charge in [-0.25, -0.2) is 4.68 Å². The van der Waals surface area contributed by atoms with Crippen molar-refractivity contribution in [3.8, 4) is 17.6 Å². The minimum absolute atomic E-state index is 0.00865. The van der Waals surface area contributed by atoms with Crippen molar-refractivity contribution >= 4 is 29.1 Å². The monoisotopic (exact) mass is 532 g/mol. The van der Waals surface area contributed by atoms with Gasteiger partial charge in [0.25, 0.3) is 11.8 Å². The molecule has 3 aromatic rings. The van der Waals surface area contributed by atoms with Crippen LogP contribution in [0.25, 0.3) is 0 Å². The summed E-state index contributed by atoms with van der Waals surface area (Å²) >= 11 is 6.61. The molecule has 38 heavy (non-hydrogen) atoms. The topological polar surface area (TPSA) is 87.9 Å². The Morgan fingerprint density at radius 3 is 2.68 bits per heavy atom. The highest BCUT2D eigenvalue weighted by atomic mass is 35.5. The second-order valence-corrected chi connectivity index (χ2v) is 10.6. The van der Waals surface area contributed by atoms with Gasteiger partial charge in [-0.3, -0.25) is 9.59 Å². The zero-order valence-corrected chi connectivity index (χ0v) is 22.3. The molecule has 0 fully saturated rings. The fourth-order valence-corrected chi connectivity index (χ4v) is 4.85. The third kappa shape index (κ3) is 4.87. The molecule has 5 rings (SSSR count). The molecule has 2 aliphatic heterocycles. The molecule has 1 aromatic heterocycles. The number of ether oxygens (including phenoxy) is 1. The second kappa shape index (κ2) is 10.2. The van der Waals surface area contributed by atoms with Crippen molar-refractivity contribution in [3.63, 3.8) is 0 Å². The Labute approximate surface area is 226 Å². The Hall–Kier alpha value is -3.80. The molecule has 8 nitrogen and oxygen atoms in total. The van der Waals surface area contributed by atoms with E-state index in [0.717, 1.165) is 5.56 Å². The molecule has 3 heterocycles. The number of hydrogen-bond acceptors (Lipinski definition) is 5. The van der Waals surface area contributed by atoms with Gasteiger partial charge in [0, 0.05) is 30.1 Å². The van der Waals surface area contributed by atoms with Crippen LogP contribution >= 0.6 is 11.6 Å². The maximum absolute atomic E-state index is 13.6. The van der Waals surface area contributed by atoms with Crippen LogP contribution in [0.3, 0.4) is 0 Å². The van der Waals surface area contributed by atoms with Gasteiger partial charge in [-0.15, -0.1) is 0 Å². The smallest absolute Gasteiger partial charge is 0.275 e. The summed E-state index contributed by atoms with van der Waals surface area (Å²) < 4.78 is 7.71. The molecule has 0 saturated heterocycles. The molecule has 1 unspecified atom stereocenters. The summed E-state index contributed by atoms with van der Waals surface area (Å²) in [6.07, 6.45) is 0.496. The van der Waals surface area contributed by atoms with Gasteiger partial charge in [0.05, 0.1) is 18.8 Å². The standard InChI is InChI=1S/C29H29ClN4O4/c1-29(2,18-35)13-11-19-9-10-22-24(15-19)38-17-23(27(36)32(22)3)33-14-12-21-25(28(33)37)31-34(26(21)30)16-20-7-5-4-6-8-20/h4-10,15,23,35H,12,14,16-18H2,1-3H3. The summed E-state index contributed by atoms with van der Waals surface area (Å²) in [5.74, 6) is 6.06. The van der Waals surface area contributed by atoms with Crippen LogP contribution in [0.4, 0.5) is 5.69 Å². The van der Waals surface area contributed by atoms with Gasteiger partial charge in [0.15, 0.2) is 5.69 Å². The van der Waals surface area contributed by atoms with Gasteiger partial charge in [-0.1, -0.05) is 53.8 Å². The van der Waals surface area contributed by atoms with E-state index in [9.17, 15) is 14.7 Å². The minimum Gasteiger partial charge on any atom is -0.489 e. The Kier molecular flexibility index (Phi) is 6.91. The number of aliphatic hydroxyl groups excluding tert-OH is 1. The molecule has 0 aliphatic carbocycles. The number of anilines is 1. The molecule has 2 aliphatic rings. The lowest BCUT2D eigenvalue weighted by atomic mass is 9.95. The molecule has 196 valence electrons. The first-order valence-corrected chi connectivity index (χ1v) is 12.8. The quantitative estimate of drug-likeness (QED) is 0.521. The fourth-order valence-electron chi connectivity index (χ4n) is 4.57. The van der Waals surface area contributed by atoms with Crippen LogP contribution in [0.5, 0.6) is 5.75 Å². The molecule has 9 heteroatoms. The molecular weight excluding hydrogens is 504 g/mol. The van der Waals surface area contributed by atoms with Crippen LogP contribution in [-0.4, -0.2) is 64.4 Å². The van der Waals surface area contributed by atoms with E-state index in [1.165, 1.54) is 9.80 Å². The summed E-state index contributed by atoms with van der Waals surface area (Å²) in [7, 11) is 1.67. The van der Waals surface area contributed by atoms with Crippen molar-refractivity contribution in [2.75, 3.05) is 31.7 Å². The largest absolute Gasteiger partial charge is 0.489 e. The number of halogens is 1. The van der Waals surface area contributed by atoms with E-state index >= 15 is 0 Å². The van der Waals surface area contributed by atoms with Crippen molar-refractivity contribution in [1.29, 1.82) is 0 Å². The number of likely N-dealkylation sites (N-methyl/N-ethyl adjacent to an activating group) is 1. The van der Waals surface area contributed by atoms with Crippen LogP contribution in [0, 0.1) is 17.3 Å². The average Bonchev–Trinajstić information content (AvgIpc) is 3.18. The number of fused-ring (bicyclic) bond motifs is 2. The SMILES string of the molecule is CN1C(=O)C(N2CCc3c(nn(Cc4ccccc4)c3Cl)C2=O)COc2cc(C#CC(C)(C)CO)ccc21. The fraction of sp³-hybridized carbons (Fsp3) is 0.345. The van der Waals surface area contributed by atoms with E-state index in [4.69, 9.17) is 16.3 Å². The van der Waals surface area contributed by atoms with Crippen LogP contribution in [0.15, 0.2) is 48.5 Å². The number of nitrogens with zero attached hydrogens (tertiary/aromatic N) is 4. The van der Waals surface area contributed by atoms with Crippen molar-refractivity contribution < 1.29 is 19.4 Å². The zero-order chi connectivity index (χ0) is 27.0. The number of amides is 2. The average molecular weight is 533 g/mol. The molecule has 0 bridgehead atoms. The Morgan fingerprint density at radius 1 is 1.18 bits per heavy atom. The van der Waals surface area contributed by atoms with Crippen molar-refractivity contribution in [1.82, 2.24) is 14.7 Å². The lowest BCUT2D eigenvalue weighted by Gasteiger charge is -2.33. The highest BCUT2D eigenvalue weighted by molar-refractivity contribution is 6.31. The summed E-state index contributed by atoms with van der Waals surface area (Å²) in [4.78, 5) is 30.1. The summed E-state index contributed by atoms with van der Waals surface area (Å²) in [5.41, 5.74) is 2.78. The van der Waals surface area contributed by atoms with E-state index < -0.39 is 11.5 Å². The lowest BCUT2D eigenvalue weighted by molar-refractivity contribution is -0.123. The van der Waals surface area contributed by atoms with Gasteiger partial charge in [-0.05, 0) is 44.0 Å². The number of aliphatic hydroxyl groups is 1. The zero-order valence-electron chi connectivity index (χ0n) is 21.6. The van der Waals surface area contributed by atoms with Gasteiger partial charge in [0.2, 0.25) is 0 Å². The Morgan fingerprint density at radius 2 is 1.95 bits per heavy atom. The van der Waals surface area contributed by atoms with Gasteiger partial charge < -0.3 is 19.6 Å². The lowest BCUT2D eigenvalue weighted by Crippen LogP contribution is -2.54. The highest BCUT2D eigenvalue weighted by Gasteiger charge is 2.40. The summed E-state index contributed by atoms with van der Waals surface area (Å²) in [6, 6.07) is 14.3. The van der Waals surface area contributed by atoms with Crippen molar-refractivity contribution in [2.45, 2.75) is 32.9 Å². The number of benzene rings is 2. The van der Waals surface area contributed by atoms with Crippen molar-refractivity contribution in [2.24, 2.45) is 5.41 Å². The van der Waals surface area contributed by atoms with E-state index in [0.29, 0.717) is 47.2 Å². The maximum atomic E-state index is 13.6. The molecule has 2 amide bonds. The molecule has 0 saturated carbocycles. The third-order valence-corrected chi connectivity index (χ3v) is 7.30. The number of aromatic nitrogens is 2. The molecule has 0 spiro atoms.